The lowest BCUT2D eigenvalue weighted by molar-refractivity contribution is -0.141. The van der Waals surface area contributed by atoms with E-state index < -0.39 is 62.7 Å². The largest absolute Gasteiger partial charge is 0.486 e. The molecule has 2 N–H and O–H groups in total. The summed E-state index contributed by atoms with van der Waals surface area (Å²) >= 11 is 0. The summed E-state index contributed by atoms with van der Waals surface area (Å²) in [6, 6.07) is 10.3. The van der Waals surface area contributed by atoms with Gasteiger partial charge in [0, 0.05) is 18.5 Å². The van der Waals surface area contributed by atoms with E-state index in [9.17, 15) is 44.7 Å². The molecule has 15 heteroatoms. The van der Waals surface area contributed by atoms with Crippen molar-refractivity contribution in [2.75, 3.05) is 17.4 Å². The number of benzene rings is 2. The molecule has 42 heavy (non-hydrogen) atoms. The number of alkyl halides is 6. The zero-order chi connectivity index (χ0) is 31.1. The van der Waals surface area contributed by atoms with Gasteiger partial charge in [0.15, 0.2) is 0 Å². The summed E-state index contributed by atoms with van der Waals surface area (Å²) < 4.78 is 114. The molecule has 2 heterocycles. The minimum Gasteiger partial charge on any atom is -0.486 e. The highest BCUT2D eigenvalue weighted by molar-refractivity contribution is 7.92. The Bertz CT molecular complexity index is 1590. The van der Waals surface area contributed by atoms with Crippen molar-refractivity contribution < 1.29 is 49.4 Å². The molecule has 0 aliphatic carbocycles. The van der Waals surface area contributed by atoms with Gasteiger partial charge in [-0.25, -0.2) is 13.4 Å². The van der Waals surface area contributed by atoms with Gasteiger partial charge in [-0.3, -0.25) is 9.10 Å². The van der Waals surface area contributed by atoms with Crippen LogP contribution in [0.4, 0.5) is 32.0 Å². The van der Waals surface area contributed by atoms with E-state index in [2.05, 4.69) is 10.3 Å². The Hall–Kier alpha value is -3.85. The quantitative estimate of drug-likeness (QED) is 0.361. The second-order valence-corrected chi connectivity index (χ2v) is 11.9. The van der Waals surface area contributed by atoms with Gasteiger partial charge in [0.05, 0.1) is 28.4 Å². The Labute approximate surface area is 237 Å². The van der Waals surface area contributed by atoms with Crippen LogP contribution in [0, 0.1) is 0 Å². The van der Waals surface area contributed by atoms with Crippen LogP contribution in [0.1, 0.15) is 31.5 Å². The summed E-state index contributed by atoms with van der Waals surface area (Å²) in [5, 5.41) is 12.3. The fourth-order valence-electron chi connectivity index (χ4n) is 4.13. The van der Waals surface area contributed by atoms with Gasteiger partial charge in [0.25, 0.3) is 15.9 Å². The number of hydrogen-bond donors (Lipinski definition) is 2. The van der Waals surface area contributed by atoms with Gasteiger partial charge in [-0.15, -0.1) is 0 Å². The predicted octanol–water partition coefficient (Wildman–Crippen LogP) is 5.02. The minimum atomic E-state index is -4.82. The van der Waals surface area contributed by atoms with E-state index in [1.165, 1.54) is 38.1 Å². The average molecular weight is 618 g/mol. The molecule has 1 aromatic heterocycles. The molecule has 0 unspecified atom stereocenters. The number of sulfonamides is 1. The molecule has 0 saturated heterocycles. The number of pyridine rings is 1. The molecular weight excluding hydrogens is 592 g/mol. The zero-order valence-electron chi connectivity index (χ0n) is 22.1. The van der Waals surface area contributed by atoms with Crippen LogP contribution in [0.5, 0.6) is 5.75 Å². The molecule has 0 radical (unpaired) electrons. The standard InChI is InChI=1S/C27H25F6N3O5S/c1-25(2,38)24(37)34-12-11-18-15-36(42(39,40)19-6-3-5-17(14-19)26(28,29)30)21-13-16(9-10-22(21)41-18)20-7-4-8-23(35-20)27(31,32)33/h3-10,13-14,18,38H,11-12,15H2,1-2H3,(H,34,37)/t18-/m0/s1. The van der Waals surface area contributed by atoms with Crippen LogP contribution in [0.25, 0.3) is 11.3 Å². The Kier molecular flexibility index (Phi) is 8.21. The lowest BCUT2D eigenvalue weighted by Crippen LogP contribution is -2.46. The molecule has 1 aliphatic heterocycles. The Morgan fingerprint density at radius 2 is 1.71 bits per heavy atom. The predicted molar refractivity (Wildman–Crippen MR) is 139 cm³/mol. The third-order valence-electron chi connectivity index (χ3n) is 6.28. The second kappa shape index (κ2) is 11.1. The van der Waals surface area contributed by atoms with Crippen molar-refractivity contribution in [3.05, 3.63) is 71.9 Å². The molecule has 1 aliphatic rings. The first-order valence-electron chi connectivity index (χ1n) is 12.4. The van der Waals surface area contributed by atoms with Crippen LogP contribution in [0.3, 0.4) is 0 Å². The van der Waals surface area contributed by atoms with E-state index in [4.69, 9.17) is 4.74 Å². The van der Waals surface area contributed by atoms with Crippen molar-refractivity contribution in [2.45, 2.75) is 49.2 Å². The monoisotopic (exact) mass is 617 g/mol. The topological polar surface area (TPSA) is 109 Å². The number of aromatic nitrogens is 1. The molecule has 4 rings (SSSR count). The lowest BCUT2D eigenvalue weighted by atomic mass is 10.1. The van der Waals surface area contributed by atoms with Gasteiger partial charge in [-0.05, 0) is 62.4 Å². The highest BCUT2D eigenvalue weighted by atomic mass is 32.2. The number of hydrogen-bond acceptors (Lipinski definition) is 6. The molecule has 0 spiro atoms. The number of ether oxygens (including phenoxy) is 1. The number of halogens is 6. The molecule has 2 aromatic carbocycles. The first-order valence-corrected chi connectivity index (χ1v) is 13.9. The zero-order valence-corrected chi connectivity index (χ0v) is 22.9. The van der Waals surface area contributed by atoms with Crippen molar-refractivity contribution in [2.24, 2.45) is 0 Å². The molecule has 226 valence electrons. The second-order valence-electron chi connectivity index (χ2n) is 9.99. The summed E-state index contributed by atoms with van der Waals surface area (Å²) in [6.45, 7) is 2.11. The maximum Gasteiger partial charge on any atom is 0.433 e. The van der Waals surface area contributed by atoms with Crippen molar-refractivity contribution in [1.29, 1.82) is 0 Å². The third kappa shape index (κ3) is 6.78. The summed E-state index contributed by atoms with van der Waals surface area (Å²) in [4.78, 5) is 15.0. The van der Waals surface area contributed by atoms with Gasteiger partial charge in [-0.1, -0.05) is 12.1 Å². The molecule has 0 fully saturated rings. The van der Waals surface area contributed by atoms with Crippen molar-refractivity contribution in [3.8, 4) is 17.0 Å². The summed E-state index contributed by atoms with van der Waals surface area (Å²) in [5.74, 6) is -0.697. The molecule has 0 saturated carbocycles. The van der Waals surface area contributed by atoms with E-state index in [0.29, 0.717) is 6.07 Å². The van der Waals surface area contributed by atoms with Crippen LogP contribution in [-0.2, 0) is 27.2 Å². The van der Waals surface area contributed by atoms with Crippen LogP contribution in [0.15, 0.2) is 65.6 Å². The first-order chi connectivity index (χ1) is 19.4. The minimum absolute atomic E-state index is 0.00802. The maximum atomic E-state index is 13.8. The van der Waals surface area contributed by atoms with E-state index in [1.807, 2.05) is 0 Å². The van der Waals surface area contributed by atoms with E-state index in [-0.39, 0.29) is 35.7 Å². The Balaban J connectivity index is 1.75. The van der Waals surface area contributed by atoms with Crippen LogP contribution >= 0.6 is 0 Å². The van der Waals surface area contributed by atoms with Crippen molar-refractivity contribution in [3.63, 3.8) is 0 Å². The smallest absolute Gasteiger partial charge is 0.433 e. The van der Waals surface area contributed by atoms with Crippen LogP contribution in [-0.4, -0.2) is 49.2 Å². The fourth-order valence-corrected chi connectivity index (χ4v) is 5.67. The fraction of sp³-hybridized carbons (Fsp3) is 0.333. The maximum absolute atomic E-state index is 13.8. The van der Waals surface area contributed by atoms with Gasteiger partial charge in [0.1, 0.15) is 23.1 Å². The van der Waals surface area contributed by atoms with Crippen LogP contribution < -0.4 is 14.4 Å². The van der Waals surface area contributed by atoms with E-state index >= 15 is 0 Å². The Morgan fingerprint density at radius 1 is 1.02 bits per heavy atom. The van der Waals surface area contributed by atoms with Gasteiger partial charge in [-0.2, -0.15) is 26.3 Å². The number of carbonyl (C=O) groups excluding carboxylic acids is 1. The lowest BCUT2D eigenvalue weighted by Gasteiger charge is -2.36. The molecule has 0 bridgehead atoms. The summed E-state index contributed by atoms with van der Waals surface area (Å²) in [5.41, 5.74) is -4.18. The van der Waals surface area contributed by atoms with E-state index in [1.54, 1.807) is 0 Å². The van der Waals surface area contributed by atoms with Gasteiger partial charge in [0.2, 0.25) is 0 Å². The molecule has 1 amide bonds. The van der Waals surface area contributed by atoms with Gasteiger partial charge < -0.3 is 15.2 Å². The van der Waals surface area contributed by atoms with Crippen molar-refractivity contribution >= 4 is 21.6 Å². The molecule has 3 aromatic rings. The number of fused-ring (bicyclic) bond motifs is 1. The third-order valence-corrected chi connectivity index (χ3v) is 8.06. The highest BCUT2D eigenvalue weighted by Gasteiger charge is 2.38. The van der Waals surface area contributed by atoms with Crippen LogP contribution in [0.2, 0.25) is 0 Å². The number of amides is 1. The number of nitrogens with one attached hydrogen (secondary N) is 1. The summed E-state index contributed by atoms with van der Waals surface area (Å²) in [7, 11) is -4.66. The van der Waals surface area contributed by atoms with E-state index in [0.717, 1.165) is 34.6 Å². The number of rotatable bonds is 7. The summed E-state index contributed by atoms with van der Waals surface area (Å²) in [6.07, 6.45) is -10.4. The average Bonchev–Trinajstić information content (AvgIpc) is 2.91. The highest BCUT2D eigenvalue weighted by Crippen LogP contribution is 2.41. The molecule has 1 atom stereocenters. The number of aliphatic hydroxyl groups is 1. The Morgan fingerprint density at radius 3 is 2.36 bits per heavy atom. The molecular formula is C27H25F6N3O5S. The van der Waals surface area contributed by atoms with Gasteiger partial charge >= 0.3 is 12.4 Å². The normalized spacial score (nSPS) is 16.0. The SMILES string of the molecule is CC(C)(O)C(=O)NCC[C@H]1CN(S(=O)(=O)c2cccc(C(F)(F)F)c2)c2cc(-c3cccc(C(F)(F)F)n3)ccc2O1. The van der Waals surface area contributed by atoms with Crippen molar-refractivity contribution in [1.82, 2.24) is 10.3 Å². The number of nitrogens with zero attached hydrogens (tertiary/aromatic N) is 2. The molecule has 8 nitrogen and oxygen atoms in total. The first kappa shape index (κ1) is 31.1. The number of carbonyl (C=O) groups is 1. The number of anilines is 1.